The van der Waals surface area contributed by atoms with Gasteiger partial charge in [-0.2, -0.15) is 0 Å². The number of fused-ring (bicyclic) bond motifs is 8. The average molecular weight is 676 g/mol. The fourth-order valence-corrected chi connectivity index (χ4v) is 8.01. The molecule has 0 aliphatic rings. The molecule has 0 unspecified atom stereocenters. The summed E-state index contributed by atoms with van der Waals surface area (Å²) in [4.78, 5) is 15.4. The molecule has 4 heteroatoms. The molecule has 11 aromatic rings. The third-order valence-corrected chi connectivity index (χ3v) is 10.5. The van der Waals surface area contributed by atoms with E-state index < -0.39 is 0 Å². The second kappa shape index (κ2) is 11.7. The van der Waals surface area contributed by atoms with Crippen molar-refractivity contribution in [3.63, 3.8) is 0 Å². The number of hydrogen-bond donors (Lipinski definition) is 0. The Morgan fingerprint density at radius 3 is 1.77 bits per heavy atom. The van der Waals surface area contributed by atoms with E-state index in [-0.39, 0.29) is 0 Å². The van der Waals surface area contributed by atoms with Gasteiger partial charge in [0.1, 0.15) is 11.2 Å². The van der Waals surface area contributed by atoms with Gasteiger partial charge >= 0.3 is 0 Å². The first-order valence-electron chi connectivity index (χ1n) is 17.9. The summed E-state index contributed by atoms with van der Waals surface area (Å²) in [5.41, 5.74) is 6.62. The maximum Gasteiger partial charge on any atom is 0.164 e. The summed E-state index contributed by atoms with van der Waals surface area (Å²) in [6.07, 6.45) is 0. The molecule has 0 N–H and O–H groups in total. The molecule has 2 heterocycles. The molecule has 11 rings (SSSR count). The lowest BCUT2D eigenvalue weighted by atomic mass is 9.89. The maximum atomic E-state index is 6.98. The molecule has 0 spiro atoms. The van der Waals surface area contributed by atoms with Crippen molar-refractivity contribution >= 4 is 65.0 Å². The Labute approximate surface area is 304 Å². The molecule has 0 saturated heterocycles. The fraction of sp³-hybridized carbons (Fsp3) is 0. The first kappa shape index (κ1) is 29.5. The third kappa shape index (κ3) is 4.73. The van der Waals surface area contributed by atoms with Crippen molar-refractivity contribution in [2.24, 2.45) is 0 Å². The van der Waals surface area contributed by atoms with E-state index in [2.05, 4.69) is 140 Å². The van der Waals surface area contributed by atoms with Gasteiger partial charge in [-0.25, -0.2) is 15.0 Å². The smallest absolute Gasteiger partial charge is 0.164 e. The van der Waals surface area contributed by atoms with E-state index in [1.165, 1.54) is 26.9 Å². The van der Waals surface area contributed by atoms with E-state index in [0.717, 1.165) is 65.9 Å². The van der Waals surface area contributed by atoms with Crippen molar-refractivity contribution in [2.45, 2.75) is 0 Å². The van der Waals surface area contributed by atoms with Crippen molar-refractivity contribution in [2.75, 3.05) is 0 Å². The Balaban J connectivity index is 1.22. The minimum Gasteiger partial charge on any atom is -0.455 e. The number of rotatable bonds is 4. The molecule has 0 fully saturated rings. The topological polar surface area (TPSA) is 51.8 Å². The highest BCUT2D eigenvalue weighted by molar-refractivity contribution is 6.25. The van der Waals surface area contributed by atoms with Gasteiger partial charge in [0, 0.05) is 33.0 Å². The molecule has 0 amide bonds. The van der Waals surface area contributed by atoms with Crippen LogP contribution in [-0.2, 0) is 0 Å². The summed E-state index contributed by atoms with van der Waals surface area (Å²) in [7, 11) is 0. The van der Waals surface area contributed by atoms with Crippen LogP contribution in [0, 0.1) is 0 Å². The van der Waals surface area contributed by atoms with Crippen LogP contribution in [0.4, 0.5) is 0 Å². The molecule has 246 valence electrons. The lowest BCUT2D eigenvalue weighted by molar-refractivity contribution is 0.670. The van der Waals surface area contributed by atoms with Gasteiger partial charge in [-0.3, -0.25) is 0 Å². The molecule has 2 aromatic heterocycles. The normalized spacial score (nSPS) is 11.8. The van der Waals surface area contributed by atoms with E-state index in [1.54, 1.807) is 0 Å². The van der Waals surface area contributed by atoms with Crippen molar-refractivity contribution < 1.29 is 4.42 Å². The lowest BCUT2D eigenvalue weighted by Crippen LogP contribution is -2.00. The molecule has 9 aromatic carbocycles. The summed E-state index contributed by atoms with van der Waals surface area (Å²) in [6.45, 7) is 0. The van der Waals surface area contributed by atoms with E-state index in [4.69, 9.17) is 19.4 Å². The summed E-state index contributed by atoms with van der Waals surface area (Å²) >= 11 is 0. The number of aromatic nitrogens is 3. The number of nitrogens with zero attached hydrogens (tertiary/aromatic N) is 3. The minimum atomic E-state index is 0.598. The Morgan fingerprint density at radius 2 is 0.962 bits per heavy atom. The molecular weight excluding hydrogens is 647 g/mol. The highest BCUT2D eigenvalue weighted by Gasteiger charge is 2.23. The lowest BCUT2D eigenvalue weighted by Gasteiger charge is -2.14. The zero-order valence-electron chi connectivity index (χ0n) is 28.5. The summed E-state index contributed by atoms with van der Waals surface area (Å²) in [5, 5.41) is 11.4. The summed E-state index contributed by atoms with van der Waals surface area (Å²) in [6, 6.07) is 61.6. The van der Waals surface area contributed by atoms with Crippen LogP contribution < -0.4 is 0 Å². The minimum absolute atomic E-state index is 0.598. The Morgan fingerprint density at radius 1 is 0.340 bits per heavy atom. The Hall–Kier alpha value is -7.17. The highest BCUT2D eigenvalue weighted by atomic mass is 16.3. The first-order valence-corrected chi connectivity index (χ1v) is 17.9. The predicted octanol–water partition coefficient (Wildman–Crippen LogP) is 13.1. The van der Waals surface area contributed by atoms with E-state index >= 15 is 0 Å². The number of hydrogen-bond acceptors (Lipinski definition) is 4. The van der Waals surface area contributed by atoms with Gasteiger partial charge in [0.2, 0.25) is 0 Å². The van der Waals surface area contributed by atoms with Crippen LogP contribution in [0.25, 0.3) is 110 Å². The summed E-state index contributed by atoms with van der Waals surface area (Å²) < 4.78 is 6.98. The summed E-state index contributed by atoms with van der Waals surface area (Å²) in [5.74, 6) is 1.84. The fourth-order valence-electron chi connectivity index (χ4n) is 8.01. The van der Waals surface area contributed by atoms with Gasteiger partial charge in [0.25, 0.3) is 0 Å². The largest absolute Gasteiger partial charge is 0.455 e. The van der Waals surface area contributed by atoms with Gasteiger partial charge in [-0.1, -0.05) is 152 Å². The molecule has 0 aliphatic carbocycles. The average Bonchev–Trinajstić information content (AvgIpc) is 3.61. The van der Waals surface area contributed by atoms with Crippen LogP contribution in [-0.4, -0.2) is 15.0 Å². The van der Waals surface area contributed by atoms with Crippen LogP contribution in [0.3, 0.4) is 0 Å². The van der Waals surface area contributed by atoms with E-state index in [1.807, 2.05) is 36.4 Å². The molecule has 0 atom stereocenters. The van der Waals surface area contributed by atoms with E-state index in [9.17, 15) is 0 Å². The van der Waals surface area contributed by atoms with Gasteiger partial charge in [-0.05, 0) is 72.9 Å². The zero-order valence-corrected chi connectivity index (χ0v) is 28.5. The van der Waals surface area contributed by atoms with Crippen molar-refractivity contribution in [1.82, 2.24) is 15.0 Å². The van der Waals surface area contributed by atoms with Gasteiger partial charge in [0.05, 0.1) is 0 Å². The zero-order chi connectivity index (χ0) is 34.9. The van der Waals surface area contributed by atoms with Gasteiger partial charge in [-0.15, -0.1) is 0 Å². The third-order valence-electron chi connectivity index (χ3n) is 10.5. The maximum absolute atomic E-state index is 6.98. The monoisotopic (exact) mass is 675 g/mol. The first-order chi connectivity index (χ1) is 26.3. The highest BCUT2D eigenvalue weighted by Crippen LogP contribution is 2.46. The van der Waals surface area contributed by atoms with Gasteiger partial charge < -0.3 is 4.42 Å². The number of furan rings is 1. The van der Waals surface area contributed by atoms with Crippen LogP contribution >= 0.6 is 0 Å². The second-order valence-electron chi connectivity index (χ2n) is 13.6. The molecular formula is C49H29N3O. The number of benzene rings is 9. The van der Waals surface area contributed by atoms with Crippen molar-refractivity contribution in [3.8, 4) is 45.3 Å². The van der Waals surface area contributed by atoms with Crippen LogP contribution in [0.2, 0.25) is 0 Å². The van der Waals surface area contributed by atoms with Crippen LogP contribution in [0.1, 0.15) is 0 Å². The molecule has 0 bridgehead atoms. The predicted molar refractivity (Wildman–Crippen MR) is 219 cm³/mol. The van der Waals surface area contributed by atoms with E-state index in [0.29, 0.717) is 17.5 Å². The Bertz CT molecular complexity index is 3240. The van der Waals surface area contributed by atoms with Crippen LogP contribution in [0.15, 0.2) is 180 Å². The molecule has 0 radical (unpaired) electrons. The quantitative estimate of drug-likeness (QED) is 0.174. The standard InChI is InChI=1S/C49H29N3O/c1-2-14-31(15-3-1)47-50-48(35-26-25-30-13-4-5-16-32(30)27-35)52-49(51-47)40-23-12-24-43-44(40)42-29-34-18-7-9-20-37(34)45(46(42)53-43)41-28-33-17-6-8-19-36(33)38-21-10-11-22-39(38)41/h1-29H. The SMILES string of the molecule is c1ccc(-c2nc(-c3ccc4ccccc4c3)nc(-c3cccc4oc5c(-c6cc7ccccc7c7ccccc67)c6ccccc6cc5c34)n2)cc1. The molecule has 53 heavy (non-hydrogen) atoms. The Kier molecular flexibility index (Phi) is 6.52. The molecule has 0 saturated carbocycles. The van der Waals surface area contributed by atoms with Gasteiger partial charge in [0.15, 0.2) is 17.5 Å². The van der Waals surface area contributed by atoms with Crippen molar-refractivity contribution in [3.05, 3.63) is 176 Å². The molecule has 4 nitrogen and oxygen atoms in total. The second-order valence-corrected chi connectivity index (χ2v) is 13.6. The van der Waals surface area contributed by atoms with Crippen LogP contribution in [0.5, 0.6) is 0 Å². The molecule has 0 aliphatic heterocycles. The van der Waals surface area contributed by atoms with Crippen molar-refractivity contribution in [1.29, 1.82) is 0 Å².